The molecule has 6 heteroatoms. The molecule has 1 aliphatic carbocycles. The molecule has 3 atom stereocenters. The van der Waals surface area contributed by atoms with Gasteiger partial charge in [-0.15, -0.1) is 0 Å². The molecule has 2 amide bonds. The van der Waals surface area contributed by atoms with Crippen LogP contribution in [0.1, 0.15) is 62.7 Å². The molecular weight excluding hydrogens is 344 g/mol. The third kappa shape index (κ3) is 4.67. The van der Waals surface area contributed by atoms with E-state index in [2.05, 4.69) is 12.2 Å². The highest BCUT2D eigenvalue weighted by Gasteiger charge is 2.27. The van der Waals surface area contributed by atoms with Gasteiger partial charge in [-0.25, -0.2) is 4.79 Å². The van der Waals surface area contributed by atoms with E-state index in [1.54, 1.807) is 36.1 Å². The molecule has 1 aromatic rings. The molecule has 0 spiro atoms. The Labute approximate surface area is 160 Å². The van der Waals surface area contributed by atoms with Gasteiger partial charge in [-0.3, -0.25) is 9.59 Å². The molecule has 0 bridgehead atoms. The average molecular weight is 372 g/mol. The number of carbonyl (C=O) groups excluding carboxylic acids is 3. The Morgan fingerprint density at radius 3 is 2.48 bits per heavy atom. The minimum atomic E-state index is -0.841. The predicted molar refractivity (Wildman–Crippen MR) is 102 cm³/mol. The highest BCUT2D eigenvalue weighted by molar-refractivity contribution is 5.96. The Balaban J connectivity index is 1.54. The van der Waals surface area contributed by atoms with Crippen molar-refractivity contribution in [1.82, 2.24) is 5.32 Å². The Kier molecular flexibility index (Phi) is 6.14. The number of anilines is 1. The van der Waals surface area contributed by atoms with Gasteiger partial charge in [-0.1, -0.05) is 19.8 Å². The van der Waals surface area contributed by atoms with Crippen molar-refractivity contribution in [3.05, 3.63) is 29.8 Å². The number of nitrogens with one attached hydrogen (secondary N) is 1. The van der Waals surface area contributed by atoms with Crippen LogP contribution in [0.5, 0.6) is 0 Å². The van der Waals surface area contributed by atoms with E-state index in [0.29, 0.717) is 24.4 Å². The number of carbonyl (C=O) groups is 3. The van der Waals surface area contributed by atoms with E-state index in [1.807, 2.05) is 0 Å². The van der Waals surface area contributed by atoms with E-state index in [4.69, 9.17) is 4.74 Å². The first-order valence-electron chi connectivity index (χ1n) is 9.87. The number of nitrogens with zero attached hydrogens (tertiary/aromatic N) is 1. The van der Waals surface area contributed by atoms with Gasteiger partial charge in [-0.2, -0.15) is 0 Å². The first-order chi connectivity index (χ1) is 13.0. The van der Waals surface area contributed by atoms with Gasteiger partial charge in [0.1, 0.15) is 0 Å². The molecule has 1 N–H and O–H groups in total. The number of ether oxygens (including phenoxy) is 1. The van der Waals surface area contributed by atoms with Crippen LogP contribution in [0.4, 0.5) is 5.69 Å². The molecule has 1 aromatic carbocycles. The van der Waals surface area contributed by atoms with E-state index in [-0.39, 0.29) is 17.9 Å². The van der Waals surface area contributed by atoms with Crippen LogP contribution < -0.4 is 10.2 Å². The number of esters is 1. The van der Waals surface area contributed by atoms with Crippen molar-refractivity contribution in [3.63, 3.8) is 0 Å². The molecule has 1 aliphatic heterocycles. The summed E-state index contributed by atoms with van der Waals surface area (Å²) in [5.41, 5.74) is 1.15. The molecular formula is C21H28N2O4. The van der Waals surface area contributed by atoms with Crippen molar-refractivity contribution >= 4 is 23.5 Å². The zero-order chi connectivity index (χ0) is 19.4. The van der Waals surface area contributed by atoms with Crippen molar-refractivity contribution in [2.75, 3.05) is 11.4 Å². The topological polar surface area (TPSA) is 75.7 Å². The second-order valence-corrected chi connectivity index (χ2v) is 7.62. The standard InChI is InChI=1S/C21H28N2O4/c1-14-6-3-4-7-18(14)22-20(25)15(2)27-21(26)16-9-11-17(12-10-16)23-13-5-8-19(23)24/h9-12,14-15,18H,3-8,13H2,1-2H3,(H,22,25)/t14-,15+,18+/m0/s1. The zero-order valence-corrected chi connectivity index (χ0v) is 16.1. The lowest BCUT2D eigenvalue weighted by molar-refractivity contribution is -0.130. The summed E-state index contributed by atoms with van der Waals surface area (Å²) in [5.74, 6) is -0.228. The monoisotopic (exact) mass is 372 g/mol. The summed E-state index contributed by atoms with van der Waals surface area (Å²) in [6.07, 6.45) is 5.00. The van der Waals surface area contributed by atoms with Gasteiger partial charge in [0.05, 0.1) is 5.56 Å². The van der Waals surface area contributed by atoms with Crippen molar-refractivity contribution in [2.45, 2.75) is 64.5 Å². The maximum atomic E-state index is 12.4. The summed E-state index contributed by atoms with van der Waals surface area (Å²) < 4.78 is 5.33. The molecule has 2 fully saturated rings. The minimum absolute atomic E-state index is 0.104. The lowest BCUT2D eigenvalue weighted by atomic mass is 9.86. The van der Waals surface area contributed by atoms with Crippen LogP contribution in [0.2, 0.25) is 0 Å². The molecule has 0 aromatic heterocycles. The fourth-order valence-corrected chi connectivity index (χ4v) is 3.81. The molecule has 27 heavy (non-hydrogen) atoms. The Morgan fingerprint density at radius 1 is 1.15 bits per heavy atom. The molecule has 0 unspecified atom stereocenters. The lowest BCUT2D eigenvalue weighted by Crippen LogP contribution is -2.45. The molecule has 0 radical (unpaired) electrons. The quantitative estimate of drug-likeness (QED) is 0.806. The smallest absolute Gasteiger partial charge is 0.338 e. The molecule has 1 saturated carbocycles. The summed E-state index contributed by atoms with van der Waals surface area (Å²) in [4.78, 5) is 38.2. The summed E-state index contributed by atoms with van der Waals surface area (Å²) in [6.45, 7) is 4.45. The van der Waals surface area contributed by atoms with Gasteiger partial charge < -0.3 is 15.0 Å². The van der Waals surface area contributed by atoms with Crippen LogP contribution in [0.25, 0.3) is 0 Å². The van der Waals surface area contributed by atoms with Gasteiger partial charge >= 0.3 is 5.97 Å². The Morgan fingerprint density at radius 2 is 1.85 bits per heavy atom. The summed E-state index contributed by atoms with van der Waals surface area (Å²) >= 11 is 0. The molecule has 3 rings (SSSR count). The van der Waals surface area contributed by atoms with Gasteiger partial charge in [0, 0.05) is 24.7 Å². The van der Waals surface area contributed by atoms with E-state index < -0.39 is 12.1 Å². The summed E-state index contributed by atoms with van der Waals surface area (Å²) in [6, 6.07) is 6.92. The Hall–Kier alpha value is -2.37. The van der Waals surface area contributed by atoms with Crippen LogP contribution in [0.15, 0.2) is 24.3 Å². The molecule has 1 saturated heterocycles. The maximum absolute atomic E-state index is 12.4. The predicted octanol–water partition coefficient (Wildman–Crippen LogP) is 3.05. The fourth-order valence-electron chi connectivity index (χ4n) is 3.81. The highest BCUT2D eigenvalue weighted by atomic mass is 16.5. The maximum Gasteiger partial charge on any atom is 0.338 e. The van der Waals surface area contributed by atoms with Crippen LogP contribution in [0, 0.1) is 5.92 Å². The minimum Gasteiger partial charge on any atom is -0.449 e. The third-order valence-corrected chi connectivity index (χ3v) is 5.58. The SMILES string of the molecule is C[C@@H](OC(=O)c1ccc(N2CCCC2=O)cc1)C(=O)N[C@@H]1CCCC[C@@H]1C. The Bertz CT molecular complexity index is 701. The van der Waals surface area contributed by atoms with Gasteiger partial charge in [0.15, 0.2) is 6.10 Å². The van der Waals surface area contributed by atoms with Gasteiger partial charge in [-0.05, 0) is 56.4 Å². The van der Waals surface area contributed by atoms with Crippen LogP contribution in [-0.2, 0) is 14.3 Å². The summed E-state index contributed by atoms with van der Waals surface area (Å²) in [5, 5.41) is 3.02. The number of benzene rings is 1. The van der Waals surface area contributed by atoms with Gasteiger partial charge in [0.25, 0.3) is 5.91 Å². The zero-order valence-electron chi connectivity index (χ0n) is 16.1. The third-order valence-electron chi connectivity index (χ3n) is 5.58. The fraction of sp³-hybridized carbons (Fsp3) is 0.571. The van der Waals surface area contributed by atoms with Crippen molar-refractivity contribution in [1.29, 1.82) is 0 Å². The summed E-state index contributed by atoms with van der Waals surface area (Å²) in [7, 11) is 0. The largest absolute Gasteiger partial charge is 0.449 e. The van der Waals surface area contributed by atoms with Crippen molar-refractivity contribution in [2.24, 2.45) is 5.92 Å². The number of hydrogen-bond acceptors (Lipinski definition) is 4. The number of hydrogen-bond donors (Lipinski definition) is 1. The molecule has 1 heterocycles. The van der Waals surface area contributed by atoms with Crippen molar-refractivity contribution in [3.8, 4) is 0 Å². The second-order valence-electron chi connectivity index (χ2n) is 7.62. The van der Waals surface area contributed by atoms with Crippen LogP contribution in [-0.4, -0.2) is 36.5 Å². The average Bonchev–Trinajstić information content (AvgIpc) is 3.09. The molecule has 146 valence electrons. The van der Waals surface area contributed by atoms with E-state index in [9.17, 15) is 14.4 Å². The van der Waals surface area contributed by atoms with Crippen LogP contribution >= 0.6 is 0 Å². The van der Waals surface area contributed by atoms with E-state index in [1.165, 1.54) is 6.42 Å². The molecule has 2 aliphatic rings. The van der Waals surface area contributed by atoms with E-state index in [0.717, 1.165) is 31.4 Å². The van der Waals surface area contributed by atoms with Crippen LogP contribution in [0.3, 0.4) is 0 Å². The van der Waals surface area contributed by atoms with E-state index >= 15 is 0 Å². The normalized spacial score (nSPS) is 23.8. The first kappa shape index (κ1) is 19.4. The highest BCUT2D eigenvalue weighted by Crippen LogP contribution is 2.24. The number of amides is 2. The molecule has 6 nitrogen and oxygen atoms in total. The first-order valence-corrected chi connectivity index (χ1v) is 9.87. The lowest BCUT2D eigenvalue weighted by Gasteiger charge is -2.30. The van der Waals surface area contributed by atoms with Gasteiger partial charge in [0.2, 0.25) is 5.91 Å². The second kappa shape index (κ2) is 8.55. The number of rotatable bonds is 5. The van der Waals surface area contributed by atoms with Crippen molar-refractivity contribution < 1.29 is 19.1 Å².